The molecule has 1 amide bonds. The predicted octanol–water partition coefficient (Wildman–Crippen LogP) is 1.48. The summed E-state index contributed by atoms with van der Waals surface area (Å²) in [6.45, 7) is 9.85. The van der Waals surface area contributed by atoms with Crippen LogP contribution in [-0.2, 0) is 11.3 Å². The minimum atomic E-state index is -0.459. The number of ether oxygens (including phenoxy) is 1. The van der Waals surface area contributed by atoms with E-state index in [2.05, 4.69) is 10.4 Å². The second-order valence-electron chi connectivity index (χ2n) is 6.31. The van der Waals surface area contributed by atoms with Gasteiger partial charge in [-0.15, -0.1) is 0 Å². The molecule has 0 bridgehead atoms. The monoisotopic (exact) mass is 280 g/mol. The molecule has 2 unspecified atom stereocenters. The second-order valence-corrected chi connectivity index (χ2v) is 6.31. The number of rotatable bonds is 2. The summed E-state index contributed by atoms with van der Waals surface area (Å²) in [5.74, 6) is 0. The van der Waals surface area contributed by atoms with Crippen molar-refractivity contribution in [1.82, 2.24) is 20.0 Å². The first-order chi connectivity index (χ1) is 9.35. The number of hydrogen-bond donors (Lipinski definition) is 1. The normalized spacial score (nSPS) is 23.7. The van der Waals surface area contributed by atoms with Gasteiger partial charge >= 0.3 is 6.09 Å². The van der Waals surface area contributed by atoms with Crippen LogP contribution in [0.2, 0.25) is 0 Å². The third kappa shape index (κ3) is 3.96. The lowest BCUT2D eigenvalue weighted by Gasteiger charge is -2.39. The van der Waals surface area contributed by atoms with E-state index in [1.54, 1.807) is 11.1 Å². The zero-order chi connectivity index (χ0) is 14.8. The summed E-state index contributed by atoms with van der Waals surface area (Å²) in [5, 5.41) is 7.65. The molecule has 0 saturated carbocycles. The van der Waals surface area contributed by atoms with E-state index in [1.165, 1.54) is 0 Å². The van der Waals surface area contributed by atoms with Crippen molar-refractivity contribution < 1.29 is 9.53 Å². The maximum absolute atomic E-state index is 12.2. The number of aromatic nitrogens is 2. The maximum Gasteiger partial charge on any atom is 0.410 e. The minimum absolute atomic E-state index is 0.138. The van der Waals surface area contributed by atoms with Crippen LogP contribution >= 0.6 is 0 Å². The highest BCUT2D eigenvalue weighted by atomic mass is 16.6. The first kappa shape index (κ1) is 14.8. The molecule has 1 aliphatic heterocycles. The van der Waals surface area contributed by atoms with E-state index in [9.17, 15) is 4.79 Å². The summed E-state index contributed by atoms with van der Waals surface area (Å²) in [5.41, 5.74) is -0.459. The van der Waals surface area contributed by atoms with Crippen molar-refractivity contribution in [2.45, 2.75) is 51.9 Å². The number of carbonyl (C=O) groups excluding carboxylic acids is 1. The third-order valence-electron chi connectivity index (χ3n) is 3.25. The minimum Gasteiger partial charge on any atom is -0.444 e. The highest BCUT2D eigenvalue weighted by Gasteiger charge is 2.31. The van der Waals surface area contributed by atoms with Gasteiger partial charge in [0, 0.05) is 37.6 Å². The fraction of sp³-hybridized carbons (Fsp3) is 0.714. The summed E-state index contributed by atoms with van der Waals surface area (Å²) in [7, 11) is 0. The molecule has 0 spiro atoms. The van der Waals surface area contributed by atoms with Crippen LogP contribution in [0.5, 0.6) is 0 Å². The van der Waals surface area contributed by atoms with E-state index in [-0.39, 0.29) is 18.2 Å². The van der Waals surface area contributed by atoms with Gasteiger partial charge in [-0.2, -0.15) is 5.10 Å². The summed E-state index contributed by atoms with van der Waals surface area (Å²) in [6.07, 6.45) is 3.45. The summed E-state index contributed by atoms with van der Waals surface area (Å²) >= 11 is 0. The molecule has 2 heterocycles. The Bertz CT molecular complexity index is 439. The smallest absolute Gasteiger partial charge is 0.410 e. The van der Waals surface area contributed by atoms with Gasteiger partial charge in [-0.1, -0.05) is 0 Å². The topological polar surface area (TPSA) is 59.4 Å². The fourth-order valence-corrected chi connectivity index (χ4v) is 2.26. The van der Waals surface area contributed by atoms with Crippen LogP contribution in [0.15, 0.2) is 18.5 Å². The van der Waals surface area contributed by atoms with Gasteiger partial charge in [0.2, 0.25) is 0 Å². The Balaban J connectivity index is 1.95. The van der Waals surface area contributed by atoms with E-state index in [0.717, 1.165) is 13.1 Å². The van der Waals surface area contributed by atoms with Gasteiger partial charge in [-0.05, 0) is 33.8 Å². The molecule has 1 aliphatic rings. The molecule has 2 atom stereocenters. The van der Waals surface area contributed by atoms with Crippen molar-refractivity contribution in [1.29, 1.82) is 0 Å². The molecular formula is C14H24N4O2. The molecule has 0 aliphatic carbocycles. The van der Waals surface area contributed by atoms with E-state index in [0.29, 0.717) is 6.54 Å². The van der Waals surface area contributed by atoms with Crippen molar-refractivity contribution in [2.75, 3.05) is 13.1 Å². The molecule has 1 aromatic rings. The van der Waals surface area contributed by atoms with Crippen LogP contribution in [0.1, 0.15) is 27.7 Å². The molecule has 1 fully saturated rings. The van der Waals surface area contributed by atoms with Crippen LogP contribution in [0, 0.1) is 0 Å². The van der Waals surface area contributed by atoms with Crippen LogP contribution in [0.25, 0.3) is 0 Å². The Morgan fingerprint density at radius 2 is 2.25 bits per heavy atom. The van der Waals surface area contributed by atoms with Crippen molar-refractivity contribution in [3.05, 3.63) is 18.5 Å². The molecule has 1 N–H and O–H groups in total. The van der Waals surface area contributed by atoms with Gasteiger partial charge in [-0.25, -0.2) is 4.79 Å². The molecule has 1 aromatic heterocycles. The first-order valence-electron chi connectivity index (χ1n) is 7.05. The zero-order valence-corrected chi connectivity index (χ0v) is 12.7. The van der Waals surface area contributed by atoms with Gasteiger partial charge in [0.1, 0.15) is 5.60 Å². The molecule has 0 aromatic carbocycles. The Labute approximate surface area is 120 Å². The number of nitrogens with one attached hydrogen (secondary N) is 1. The number of carbonyl (C=O) groups is 1. The SMILES string of the molecule is CC1CNC(Cn2cccn2)CN1C(=O)OC(C)(C)C. The van der Waals surface area contributed by atoms with Crippen molar-refractivity contribution in [3.63, 3.8) is 0 Å². The predicted molar refractivity (Wildman–Crippen MR) is 76.4 cm³/mol. The standard InChI is InChI=1S/C14H24N4O2/c1-11-8-15-12(9-17-7-5-6-16-17)10-18(11)13(19)20-14(2,3)4/h5-7,11-12,15H,8-10H2,1-4H3. The van der Waals surface area contributed by atoms with Gasteiger partial charge < -0.3 is 15.0 Å². The lowest BCUT2D eigenvalue weighted by molar-refractivity contribution is 0.00874. The molecule has 6 heteroatoms. The number of nitrogens with zero attached hydrogens (tertiary/aromatic N) is 3. The largest absolute Gasteiger partial charge is 0.444 e. The molecule has 2 rings (SSSR count). The van der Waals surface area contributed by atoms with Crippen LogP contribution < -0.4 is 5.32 Å². The molecule has 1 saturated heterocycles. The summed E-state index contributed by atoms with van der Waals surface area (Å²) in [6, 6.07) is 2.23. The van der Waals surface area contributed by atoms with Crippen molar-refractivity contribution in [2.24, 2.45) is 0 Å². The highest BCUT2D eigenvalue weighted by molar-refractivity contribution is 5.68. The molecule has 6 nitrogen and oxygen atoms in total. The van der Waals surface area contributed by atoms with E-state index < -0.39 is 5.60 Å². The van der Waals surface area contributed by atoms with E-state index >= 15 is 0 Å². The fourth-order valence-electron chi connectivity index (χ4n) is 2.26. The van der Waals surface area contributed by atoms with Crippen LogP contribution in [-0.4, -0.2) is 51.5 Å². The van der Waals surface area contributed by atoms with Crippen LogP contribution in [0.4, 0.5) is 4.79 Å². The second kappa shape index (κ2) is 5.83. The lowest BCUT2D eigenvalue weighted by atomic mass is 10.1. The Morgan fingerprint density at radius 3 is 2.85 bits per heavy atom. The molecule has 112 valence electrons. The lowest BCUT2D eigenvalue weighted by Crippen LogP contribution is -2.59. The van der Waals surface area contributed by atoms with E-state index in [4.69, 9.17) is 4.74 Å². The van der Waals surface area contributed by atoms with Crippen LogP contribution in [0.3, 0.4) is 0 Å². The Hall–Kier alpha value is -1.56. The van der Waals surface area contributed by atoms with Crippen molar-refractivity contribution in [3.8, 4) is 0 Å². The number of amides is 1. The first-order valence-corrected chi connectivity index (χ1v) is 7.05. The zero-order valence-electron chi connectivity index (χ0n) is 12.7. The number of piperazine rings is 1. The third-order valence-corrected chi connectivity index (χ3v) is 3.25. The van der Waals surface area contributed by atoms with Gasteiger partial charge in [0.05, 0.1) is 6.54 Å². The Kier molecular flexibility index (Phi) is 4.32. The van der Waals surface area contributed by atoms with E-state index in [1.807, 2.05) is 44.6 Å². The molecule has 0 radical (unpaired) electrons. The summed E-state index contributed by atoms with van der Waals surface area (Å²) in [4.78, 5) is 14.0. The van der Waals surface area contributed by atoms with Gasteiger partial charge in [-0.3, -0.25) is 4.68 Å². The quantitative estimate of drug-likeness (QED) is 0.891. The molecular weight excluding hydrogens is 256 g/mol. The average Bonchev–Trinajstić information content (AvgIpc) is 2.82. The van der Waals surface area contributed by atoms with Gasteiger partial charge in [0.25, 0.3) is 0 Å². The maximum atomic E-state index is 12.2. The number of hydrogen-bond acceptors (Lipinski definition) is 4. The summed E-state index contributed by atoms with van der Waals surface area (Å²) < 4.78 is 7.34. The van der Waals surface area contributed by atoms with Gasteiger partial charge in [0.15, 0.2) is 0 Å². The highest BCUT2D eigenvalue weighted by Crippen LogP contribution is 2.15. The average molecular weight is 280 g/mol. The molecule has 20 heavy (non-hydrogen) atoms. The Morgan fingerprint density at radius 1 is 1.50 bits per heavy atom. The van der Waals surface area contributed by atoms with Crippen molar-refractivity contribution >= 4 is 6.09 Å².